The van der Waals surface area contributed by atoms with Crippen molar-refractivity contribution >= 4 is 25.8 Å². The van der Waals surface area contributed by atoms with E-state index in [4.69, 9.17) is 9.84 Å². The zero-order valence-electron chi connectivity index (χ0n) is 27.0. The molecule has 3 aliphatic carbocycles. The molecule has 0 aliphatic heterocycles. The van der Waals surface area contributed by atoms with E-state index in [9.17, 15) is 19.8 Å². The van der Waals surface area contributed by atoms with Gasteiger partial charge in [0.05, 0.1) is 12.2 Å². The summed E-state index contributed by atoms with van der Waals surface area (Å²) in [6.07, 6.45) is 10.8. The maximum absolute atomic E-state index is 12.5. The van der Waals surface area contributed by atoms with Crippen molar-refractivity contribution in [1.29, 1.82) is 5.41 Å². The fourth-order valence-electron chi connectivity index (χ4n) is 8.07. The van der Waals surface area contributed by atoms with E-state index >= 15 is 0 Å². The Morgan fingerprint density at radius 3 is 2.49 bits per heavy atom. The Morgan fingerprint density at radius 2 is 1.90 bits per heavy atom. The number of carboxylic acids is 1. The summed E-state index contributed by atoms with van der Waals surface area (Å²) in [5, 5.41) is 29.2. The molecule has 0 saturated heterocycles. The van der Waals surface area contributed by atoms with Crippen LogP contribution < -0.4 is 0 Å². The fourth-order valence-corrected chi connectivity index (χ4v) is 9.38. The third kappa shape index (κ3) is 7.33. The molecular formula is C34H57NO5Si. The molecule has 232 valence electrons. The number of carbonyl (C=O) groups excluding carboxylic acids is 1. The van der Waals surface area contributed by atoms with Crippen molar-refractivity contribution in [2.45, 2.75) is 130 Å². The molecule has 4 unspecified atom stereocenters. The van der Waals surface area contributed by atoms with E-state index in [0.29, 0.717) is 18.3 Å². The second-order valence-corrected chi connectivity index (χ2v) is 20.0. The molecule has 6 nitrogen and oxygen atoms in total. The molecule has 0 aromatic rings. The van der Waals surface area contributed by atoms with Crippen LogP contribution >= 0.6 is 0 Å². The standard InChI is InChI=1S/C34H57NO5Si/c1-10-26(32(38)39)29(37)16-13-21(2)31-28(35)20-27-23(12-11-17-34(27,31)7)14-15-24-18-25(36)19-30(22(24)3)40-41(8,9)33(4,5)6/h13,16,21,23-27,30-31,35-36H,3,10-12,14-15,17-20H2,1-2,4-9H3,(H,38,39)/b16-13+,35-28?/t21-,23?,24?,25-,26+,27?,30+,31?,34+/m1/s1. The molecule has 0 amide bonds. The molecule has 0 radical (unpaired) electrons. The minimum Gasteiger partial charge on any atom is -0.481 e. The Kier molecular flexibility index (Phi) is 10.7. The van der Waals surface area contributed by atoms with Crippen LogP contribution in [0.5, 0.6) is 0 Å². The highest BCUT2D eigenvalue weighted by Crippen LogP contribution is 2.59. The number of nitrogens with one attached hydrogen (secondary N) is 1. The Hall–Kier alpha value is -1.57. The second-order valence-electron chi connectivity index (χ2n) is 15.2. The largest absolute Gasteiger partial charge is 0.481 e. The number of fused-ring (bicyclic) bond motifs is 1. The normalized spacial score (nSPS) is 34.5. The first kappa shape index (κ1) is 33.9. The number of carboxylic acid groups (broad SMARTS) is 1. The lowest BCUT2D eigenvalue weighted by Gasteiger charge is -2.47. The number of aliphatic carboxylic acids is 1. The summed E-state index contributed by atoms with van der Waals surface area (Å²) in [5.74, 6) is -1.13. The van der Waals surface area contributed by atoms with Gasteiger partial charge in [-0.3, -0.25) is 9.59 Å². The average molecular weight is 588 g/mol. The van der Waals surface area contributed by atoms with E-state index < -0.39 is 20.2 Å². The second kappa shape index (κ2) is 13.0. The van der Waals surface area contributed by atoms with Crippen LogP contribution in [-0.2, 0) is 14.0 Å². The quantitative estimate of drug-likeness (QED) is 0.0988. The van der Waals surface area contributed by atoms with Crippen LogP contribution in [-0.4, -0.2) is 48.2 Å². The summed E-state index contributed by atoms with van der Waals surface area (Å²) >= 11 is 0. The Bertz CT molecular complexity index is 1030. The Morgan fingerprint density at radius 1 is 1.24 bits per heavy atom. The smallest absolute Gasteiger partial charge is 0.314 e. The first-order chi connectivity index (χ1) is 18.9. The molecule has 0 heterocycles. The SMILES string of the molecule is C=C1C(CCC2CCC[C@@]3(C)C2CC(=N)C3[C@H](C)/C=C/C(=O)[C@H](CC)C(=O)O)C[C@@H](O)C[C@@H]1O[Si](C)(C)C(C)(C)C. The Balaban J connectivity index is 1.69. The van der Waals surface area contributed by atoms with Gasteiger partial charge in [0.15, 0.2) is 14.1 Å². The number of ketones is 1. The van der Waals surface area contributed by atoms with Gasteiger partial charge in [-0.15, -0.1) is 0 Å². The first-order valence-corrected chi connectivity index (χ1v) is 18.9. The van der Waals surface area contributed by atoms with Gasteiger partial charge in [-0.05, 0) is 97.4 Å². The van der Waals surface area contributed by atoms with Crippen molar-refractivity contribution in [2.24, 2.45) is 40.9 Å². The topological polar surface area (TPSA) is 108 Å². The zero-order valence-corrected chi connectivity index (χ0v) is 28.0. The van der Waals surface area contributed by atoms with Crippen LogP contribution in [0.1, 0.15) is 99.3 Å². The van der Waals surface area contributed by atoms with Gasteiger partial charge in [0, 0.05) is 18.1 Å². The van der Waals surface area contributed by atoms with Gasteiger partial charge in [0.1, 0.15) is 5.92 Å². The van der Waals surface area contributed by atoms with Crippen LogP contribution in [0.25, 0.3) is 0 Å². The maximum Gasteiger partial charge on any atom is 0.314 e. The highest BCUT2D eigenvalue weighted by molar-refractivity contribution is 6.74. The molecule has 3 saturated carbocycles. The predicted octanol–water partition coefficient (Wildman–Crippen LogP) is 7.82. The molecule has 3 rings (SSSR count). The monoisotopic (exact) mass is 587 g/mol. The van der Waals surface area contributed by atoms with Gasteiger partial charge >= 0.3 is 5.97 Å². The predicted molar refractivity (Wildman–Crippen MR) is 169 cm³/mol. The zero-order chi connectivity index (χ0) is 30.9. The van der Waals surface area contributed by atoms with Gasteiger partial charge in [-0.1, -0.05) is 67.0 Å². The minimum atomic E-state index is -1.98. The number of aliphatic hydroxyl groups is 1. The Labute approximate surface area is 250 Å². The third-order valence-electron chi connectivity index (χ3n) is 11.5. The summed E-state index contributed by atoms with van der Waals surface area (Å²) in [6, 6.07) is 0. The highest BCUT2D eigenvalue weighted by atomic mass is 28.4. The van der Waals surface area contributed by atoms with Crippen LogP contribution in [0.3, 0.4) is 0 Å². The number of aliphatic hydroxyl groups excluding tert-OH is 1. The number of allylic oxidation sites excluding steroid dienone is 2. The number of hydrogen-bond donors (Lipinski definition) is 3. The van der Waals surface area contributed by atoms with Gasteiger partial charge in [-0.25, -0.2) is 0 Å². The molecule has 0 aromatic heterocycles. The summed E-state index contributed by atoms with van der Waals surface area (Å²) in [4.78, 5) is 23.9. The van der Waals surface area contributed by atoms with Crippen LogP contribution in [0.15, 0.2) is 24.3 Å². The lowest BCUT2D eigenvalue weighted by atomic mass is 9.58. The van der Waals surface area contributed by atoms with Crippen LogP contribution in [0.2, 0.25) is 18.1 Å². The fraction of sp³-hybridized carbons (Fsp3) is 0.794. The number of carbonyl (C=O) groups is 2. The average Bonchev–Trinajstić information content (AvgIpc) is 3.13. The molecule has 0 spiro atoms. The summed E-state index contributed by atoms with van der Waals surface area (Å²) in [5.41, 5.74) is 1.94. The molecule has 3 fully saturated rings. The van der Waals surface area contributed by atoms with Gasteiger partial charge in [-0.2, -0.15) is 0 Å². The molecule has 0 aromatic carbocycles. The summed E-state index contributed by atoms with van der Waals surface area (Å²) in [6.45, 7) is 21.9. The molecule has 7 heteroatoms. The van der Waals surface area contributed by atoms with E-state index in [2.05, 4.69) is 54.3 Å². The van der Waals surface area contributed by atoms with Crippen molar-refractivity contribution in [1.82, 2.24) is 0 Å². The minimum absolute atomic E-state index is 0.000820. The summed E-state index contributed by atoms with van der Waals surface area (Å²) < 4.78 is 6.75. The van der Waals surface area contributed by atoms with Gasteiger partial charge in [0.25, 0.3) is 0 Å². The van der Waals surface area contributed by atoms with Crippen LogP contribution in [0.4, 0.5) is 0 Å². The van der Waals surface area contributed by atoms with E-state index in [1.807, 2.05) is 6.08 Å². The number of rotatable bonds is 11. The molecule has 9 atom stereocenters. The van der Waals surface area contributed by atoms with Crippen molar-refractivity contribution in [3.05, 3.63) is 24.3 Å². The van der Waals surface area contributed by atoms with E-state index in [1.165, 1.54) is 12.5 Å². The van der Waals surface area contributed by atoms with E-state index in [1.54, 1.807) is 6.92 Å². The van der Waals surface area contributed by atoms with Gasteiger partial charge in [0.2, 0.25) is 0 Å². The van der Waals surface area contributed by atoms with Gasteiger partial charge < -0.3 is 20.0 Å². The maximum atomic E-state index is 12.5. The molecule has 3 N–H and O–H groups in total. The lowest BCUT2D eigenvalue weighted by molar-refractivity contribution is -0.145. The highest BCUT2D eigenvalue weighted by Gasteiger charge is 2.54. The van der Waals surface area contributed by atoms with Crippen molar-refractivity contribution in [2.75, 3.05) is 0 Å². The first-order valence-electron chi connectivity index (χ1n) is 16.0. The number of hydrogen-bond acceptors (Lipinski definition) is 5. The lowest BCUT2D eigenvalue weighted by Crippen LogP contribution is -2.47. The molecule has 41 heavy (non-hydrogen) atoms. The van der Waals surface area contributed by atoms with Crippen LogP contribution in [0, 0.1) is 46.3 Å². The van der Waals surface area contributed by atoms with Crippen molar-refractivity contribution in [3.8, 4) is 0 Å². The summed E-state index contributed by atoms with van der Waals surface area (Å²) in [7, 11) is -1.98. The molecular weight excluding hydrogens is 530 g/mol. The van der Waals surface area contributed by atoms with E-state index in [0.717, 1.165) is 49.8 Å². The van der Waals surface area contributed by atoms with Crippen molar-refractivity contribution in [3.63, 3.8) is 0 Å². The van der Waals surface area contributed by atoms with E-state index in [-0.39, 0.29) is 52.6 Å². The third-order valence-corrected chi connectivity index (χ3v) is 16.0. The molecule has 3 aliphatic rings. The molecule has 0 bridgehead atoms. The van der Waals surface area contributed by atoms with Crippen molar-refractivity contribution < 1.29 is 24.2 Å².